The van der Waals surface area contributed by atoms with E-state index in [1.54, 1.807) is 6.07 Å². The molecule has 0 spiro atoms. The van der Waals surface area contributed by atoms with Crippen molar-refractivity contribution in [1.82, 2.24) is 4.98 Å². The summed E-state index contributed by atoms with van der Waals surface area (Å²) in [5.41, 5.74) is -1.11. The van der Waals surface area contributed by atoms with E-state index in [4.69, 9.17) is 16.7 Å². The van der Waals surface area contributed by atoms with Crippen molar-refractivity contribution < 1.29 is 27.5 Å². The van der Waals surface area contributed by atoms with Gasteiger partial charge in [0, 0.05) is 0 Å². The van der Waals surface area contributed by atoms with Crippen LogP contribution in [0.4, 0.5) is 13.2 Å². The van der Waals surface area contributed by atoms with Gasteiger partial charge in [-0.3, -0.25) is 0 Å². The van der Waals surface area contributed by atoms with Gasteiger partial charge in [0.15, 0.2) is 5.69 Å². The van der Waals surface area contributed by atoms with Gasteiger partial charge in [-0.1, -0.05) is 23.7 Å². The number of hydrogen-bond donors (Lipinski definition) is 1. The minimum absolute atomic E-state index is 0.0853. The predicted octanol–water partition coefficient (Wildman–Crippen LogP) is 3.71. The third kappa shape index (κ3) is 2.55. The van der Waals surface area contributed by atoms with Crippen LogP contribution in [0.15, 0.2) is 28.7 Å². The summed E-state index contributed by atoms with van der Waals surface area (Å²) in [4.78, 5) is 14.1. The highest BCUT2D eigenvalue weighted by Crippen LogP contribution is 2.36. The van der Waals surface area contributed by atoms with Crippen LogP contribution >= 0.6 is 11.6 Å². The average Bonchev–Trinajstić information content (AvgIpc) is 2.74. The Bertz CT molecular complexity index is 636. The standard InChI is InChI=1S/C11H5ClF3NO3/c12-6-4-2-1-3-5(6)9-16-7(10(17)18)8(19-9)11(13,14)15/h1-4H,(H,17,18). The van der Waals surface area contributed by atoms with Crippen molar-refractivity contribution >= 4 is 17.6 Å². The molecule has 0 aliphatic heterocycles. The number of oxazole rings is 1. The van der Waals surface area contributed by atoms with Crippen LogP contribution in [0.25, 0.3) is 11.5 Å². The van der Waals surface area contributed by atoms with E-state index in [0.717, 1.165) is 0 Å². The summed E-state index contributed by atoms with van der Waals surface area (Å²) in [5.74, 6) is -3.97. The van der Waals surface area contributed by atoms with Gasteiger partial charge in [-0.25, -0.2) is 9.78 Å². The molecular weight excluding hydrogens is 287 g/mol. The number of aromatic carboxylic acids is 1. The third-order valence-electron chi connectivity index (χ3n) is 2.19. The molecule has 1 aromatic carbocycles. The van der Waals surface area contributed by atoms with E-state index in [2.05, 4.69) is 9.40 Å². The molecule has 0 amide bonds. The number of rotatable bonds is 2. The normalized spacial score (nSPS) is 11.6. The molecule has 8 heteroatoms. The Kier molecular flexibility index (Phi) is 3.23. The second-order valence-electron chi connectivity index (χ2n) is 3.48. The topological polar surface area (TPSA) is 63.3 Å². The summed E-state index contributed by atoms with van der Waals surface area (Å²) >= 11 is 5.79. The van der Waals surface area contributed by atoms with Crippen molar-refractivity contribution in [3.63, 3.8) is 0 Å². The van der Waals surface area contributed by atoms with E-state index >= 15 is 0 Å². The fourth-order valence-corrected chi connectivity index (χ4v) is 1.62. The molecule has 0 aliphatic rings. The smallest absolute Gasteiger partial charge is 0.452 e. The quantitative estimate of drug-likeness (QED) is 0.916. The van der Waals surface area contributed by atoms with Gasteiger partial charge in [-0.2, -0.15) is 13.2 Å². The number of nitrogens with zero attached hydrogens (tertiary/aromatic N) is 1. The molecule has 19 heavy (non-hydrogen) atoms. The maximum Gasteiger partial charge on any atom is 0.452 e. The fraction of sp³-hybridized carbons (Fsp3) is 0.0909. The van der Waals surface area contributed by atoms with E-state index < -0.39 is 29.5 Å². The predicted molar refractivity (Wildman–Crippen MR) is 58.9 cm³/mol. The van der Waals surface area contributed by atoms with E-state index in [1.807, 2.05) is 0 Å². The summed E-state index contributed by atoms with van der Waals surface area (Å²) in [7, 11) is 0. The van der Waals surface area contributed by atoms with Crippen LogP contribution < -0.4 is 0 Å². The van der Waals surface area contributed by atoms with Gasteiger partial charge in [-0.15, -0.1) is 0 Å². The molecule has 0 saturated carbocycles. The number of carbonyl (C=O) groups is 1. The highest BCUT2D eigenvalue weighted by molar-refractivity contribution is 6.33. The van der Waals surface area contributed by atoms with Crippen molar-refractivity contribution in [3.05, 3.63) is 40.7 Å². The molecule has 0 fully saturated rings. The summed E-state index contributed by atoms with van der Waals surface area (Å²) in [6.07, 6.45) is -4.94. The van der Waals surface area contributed by atoms with Gasteiger partial charge in [0.2, 0.25) is 11.7 Å². The molecule has 0 unspecified atom stereocenters. The molecule has 1 heterocycles. The Labute approximate surface area is 109 Å². The number of carboxylic acids is 1. The van der Waals surface area contributed by atoms with Gasteiger partial charge in [0.05, 0.1) is 10.6 Å². The van der Waals surface area contributed by atoms with Crippen molar-refractivity contribution in [2.45, 2.75) is 6.18 Å². The summed E-state index contributed by atoms with van der Waals surface area (Å²) in [6, 6.07) is 5.88. The molecule has 2 rings (SSSR count). The molecule has 0 atom stereocenters. The number of carboxylic acid groups (broad SMARTS) is 1. The lowest BCUT2D eigenvalue weighted by molar-refractivity contribution is -0.153. The first-order valence-electron chi connectivity index (χ1n) is 4.87. The van der Waals surface area contributed by atoms with Crippen LogP contribution in [0.5, 0.6) is 0 Å². The molecular formula is C11H5ClF3NO3. The number of halogens is 4. The molecule has 0 radical (unpaired) electrons. The molecule has 1 aromatic heterocycles. The Morgan fingerprint density at radius 3 is 2.42 bits per heavy atom. The first-order valence-corrected chi connectivity index (χ1v) is 5.24. The zero-order chi connectivity index (χ0) is 14.2. The molecule has 0 saturated heterocycles. The monoisotopic (exact) mass is 291 g/mol. The van der Waals surface area contributed by atoms with Crippen LogP contribution in [-0.2, 0) is 6.18 Å². The summed E-state index contributed by atoms with van der Waals surface area (Å²) in [6.45, 7) is 0. The highest BCUT2D eigenvalue weighted by Gasteiger charge is 2.42. The highest BCUT2D eigenvalue weighted by atomic mass is 35.5. The summed E-state index contributed by atoms with van der Waals surface area (Å²) < 4.78 is 42.3. The average molecular weight is 292 g/mol. The van der Waals surface area contributed by atoms with Crippen LogP contribution in [0.3, 0.4) is 0 Å². The number of hydrogen-bond acceptors (Lipinski definition) is 3. The largest absolute Gasteiger partial charge is 0.476 e. The second kappa shape index (κ2) is 4.58. The maximum atomic E-state index is 12.6. The van der Waals surface area contributed by atoms with E-state index in [0.29, 0.717) is 0 Å². The fourth-order valence-electron chi connectivity index (χ4n) is 1.41. The van der Waals surface area contributed by atoms with Gasteiger partial charge < -0.3 is 9.52 Å². The molecule has 0 aliphatic carbocycles. The number of alkyl halides is 3. The first-order chi connectivity index (χ1) is 8.80. The van der Waals surface area contributed by atoms with Crippen molar-refractivity contribution in [2.24, 2.45) is 0 Å². The molecule has 2 aromatic rings. The Morgan fingerprint density at radius 1 is 1.32 bits per heavy atom. The molecule has 0 bridgehead atoms. The lowest BCUT2D eigenvalue weighted by atomic mass is 10.2. The van der Waals surface area contributed by atoms with E-state index in [-0.39, 0.29) is 10.6 Å². The van der Waals surface area contributed by atoms with Crippen LogP contribution in [0.2, 0.25) is 5.02 Å². The van der Waals surface area contributed by atoms with Gasteiger partial charge in [0.25, 0.3) is 0 Å². The Morgan fingerprint density at radius 2 is 1.95 bits per heavy atom. The van der Waals surface area contributed by atoms with Gasteiger partial charge >= 0.3 is 12.1 Å². The minimum atomic E-state index is -4.94. The van der Waals surface area contributed by atoms with Gasteiger partial charge in [-0.05, 0) is 12.1 Å². The van der Waals surface area contributed by atoms with Crippen LogP contribution in [0, 0.1) is 0 Å². The van der Waals surface area contributed by atoms with Crippen molar-refractivity contribution in [3.8, 4) is 11.5 Å². The zero-order valence-corrected chi connectivity index (χ0v) is 9.79. The number of benzene rings is 1. The minimum Gasteiger partial charge on any atom is -0.476 e. The Hall–Kier alpha value is -2.02. The molecule has 1 N–H and O–H groups in total. The first kappa shape index (κ1) is 13.4. The zero-order valence-electron chi connectivity index (χ0n) is 9.03. The van der Waals surface area contributed by atoms with Crippen LogP contribution in [0.1, 0.15) is 16.2 Å². The number of aromatic nitrogens is 1. The maximum absolute atomic E-state index is 12.6. The summed E-state index contributed by atoms with van der Waals surface area (Å²) in [5, 5.41) is 8.81. The van der Waals surface area contributed by atoms with E-state index in [1.165, 1.54) is 18.2 Å². The second-order valence-corrected chi connectivity index (χ2v) is 3.89. The lowest BCUT2D eigenvalue weighted by Gasteiger charge is -2.01. The van der Waals surface area contributed by atoms with Crippen molar-refractivity contribution in [1.29, 1.82) is 0 Å². The third-order valence-corrected chi connectivity index (χ3v) is 2.52. The molecule has 4 nitrogen and oxygen atoms in total. The van der Waals surface area contributed by atoms with Crippen LogP contribution in [-0.4, -0.2) is 16.1 Å². The SMILES string of the molecule is O=C(O)c1nc(-c2ccccc2Cl)oc1C(F)(F)F. The Balaban J connectivity index is 2.62. The van der Waals surface area contributed by atoms with E-state index in [9.17, 15) is 18.0 Å². The molecule has 100 valence electrons. The lowest BCUT2D eigenvalue weighted by Crippen LogP contribution is -2.10. The van der Waals surface area contributed by atoms with Crippen molar-refractivity contribution in [2.75, 3.05) is 0 Å². The van der Waals surface area contributed by atoms with Gasteiger partial charge in [0.1, 0.15) is 0 Å².